The minimum absolute atomic E-state index is 0.232. The third kappa shape index (κ3) is 4.32. The SMILES string of the molecule is N=C(/C=C(\NCc1ccccc1F)c1ccncn1)c1ccccn1. The molecule has 0 saturated heterocycles. The molecule has 5 nitrogen and oxygen atoms in total. The average molecular weight is 333 g/mol. The molecule has 0 aliphatic heterocycles. The maximum Gasteiger partial charge on any atom is 0.128 e. The zero-order valence-electron chi connectivity index (χ0n) is 13.4. The van der Waals surface area contributed by atoms with E-state index >= 15 is 0 Å². The second kappa shape index (κ2) is 7.92. The van der Waals surface area contributed by atoms with E-state index in [1.807, 2.05) is 6.07 Å². The molecule has 0 atom stereocenters. The summed E-state index contributed by atoms with van der Waals surface area (Å²) in [6, 6.07) is 13.7. The van der Waals surface area contributed by atoms with Crippen LogP contribution in [-0.4, -0.2) is 20.7 Å². The maximum absolute atomic E-state index is 13.8. The number of halogens is 1. The summed E-state index contributed by atoms with van der Waals surface area (Å²) in [5.41, 5.74) is 2.53. The van der Waals surface area contributed by atoms with Gasteiger partial charge in [-0.1, -0.05) is 24.3 Å². The molecule has 0 amide bonds. The lowest BCUT2D eigenvalue weighted by molar-refractivity contribution is 0.605. The highest BCUT2D eigenvalue weighted by molar-refractivity contribution is 6.08. The van der Waals surface area contributed by atoms with E-state index in [2.05, 4.69) is 20.3 Å². The van der Waals surface area contributed by atoms with E-state index < -0.39 is 0 Å². The fourth-order valence-electron chi connectivity index (χ4n) is 2.24. The van der Waals surface area contributed by atoms with Crippen LogP contribution in [0.25, 0.3) is 5.70 Å². The van der Waals surface area contributed by atoms with Crippen LogP contribution in [0.1, 0.15) is 17.0 Å². The summed E-state index contributed by atoms with van der Waals surface area (Å²) in [7, 11) is 0. The molecule has 3 aromatic rings. The number of nitrogens with one attached hydrogen (secondary N) is 2. The van der Waals surface area contributed by atoms with Gasteiger partial charge >= 0.3 is 0 Å². The minimum Gasteiger partial charge on any atom is -0.379 e. The van der Waals surface area contributed by atoms with Crippen LogP contribution in [0.4, 0.5) is 4.39 Å². The first-order valence-electron chi connectivity index (χ1n) is 7.69. The Balaban J connectivity index is 1.87. The Kier molecular flexibility index (Phi) is 5.21. The van der Waals surface area contributed by atoms with Gasteiger partial charge in [-0.25, -0.2) is 14.4 Å². The average Bonchev–Trinajstić information content (AvgIpc) is 2.67. The van der Waals surface area contributed by atoms with Crippen LogP contribution in [0.15, 0.2) is 73.3 Å². The Morgan fingerprint density at radius 1 is 1.00 bits per heavy atom. The van der Waals surface area contributed by atoms with Gasteiger partial charge in [0.05, 0.1) is 22.8 Å². The largest absolute Gasteiger partial charge is 0.379 e. The summed E-state index contributed by atoms with van der Waals surface area (Å²) in [5.74, 6) is -0.281. The van der Waals surface area contributed by atoms with Gasteiger partial charge < -0.3 is 5.32 Å². The second-order valence-corrected chi connectivity index (χ2v) is 5.23. The van der Waals surface area contributed by atoms with Crippen LogP contribution in [0.5, 0.6) is 0 Å². The van der Waals surface area contributed by atoms with Gasteiger partial charge in [-0.3, -0.25) is 10.4 Å². The number of pyridine rings is 1. The zero-order chi connectivity index (χ0) is 17.5. The van der Waals surface area contributed by atoms with E-state index in [1.165, 1.54) is 12.4 Å². The molecule has 0 spiro atoms. The van der Waals surface area contributed by atoms with Gasteiger partial charge in [0.25, 0.3) is 0 Å². The Morgan fingerprint density at radius 2 is 1.84 bits per heavy atom. The van der Waals surface area contributed by atoms with Gasteiger partial charge in [-0.05, 0) is 30.3 Å². The highest BCUT2D eigenvalue weighted by Crippen LogP contribution is 2.12. The van der Waals surface area contributed by atoms with E-state index in [1.54, 1.807) is 54.9 Å². The van der Waals surface area contributed by atoms with Crippen molar-refractivity contribution in [3.8, 4) is 0 Å². The third-order valence-electron chi connectivity index (χ3n) is 3.51. The van der Waals surface area contributed by atoms with Gasteiger partial charge in [0.1, 0.15) is 12.1 Å². The molecule has 0 unspecified atom stereocenters. The van der Waals surface area contributed by atoms with Crippen molar-refractivity contribution in [1.29, 1.82) is 5.41 Å². The Bertz CT molecular complexity index is 879. The molecule has 2 aromatic heterocycles. The smallest absolute Gasteiger partial charge is 0.128 e. The van der Waals surface area contributed by atoms with Gasteiger partial charge in [0, 0.05) is 24.5 Å². The van der Waals surface area contributed by atoms with Crippen LogP contribution in [0.3, 0.4) is 0 Å². The van der Waals surface area contributed by atoms with Crippen molar-refractivity contribution >= 4 is 11.4 Å². The Hall–Kier alpha value is -3.41. The lowest BCUT2D eigenvalue weighted by Crippen LogP contribution is -2.15. The van der Waals surface area contributed by atoms with E-state index in [4.69, 9.17) is 5.41 Å². The standard InChI is InChI=1S/C19H16FN5/c20-15-6-2-1-5-14(15)12-24-19(18-8-10-22-13-25-18)11-16(21)17-7-3-4-9-23-17/h1-11,13,21,24H,12H2/b19-11-,21-16?. The van der Waals surface area contributed by atoms with Gasteiger partial charge in [-0.2, -0.15) is 0 Å². The lowest BCUT2D eigenvalue weighted by Gasteiger charge is -2.11. The van der Waals surface area contributed by atoms with Crippen molar-refractivity contribution in [3.63, 3.8) is 0 Å². The summed E-state index contributed by atoms with van der Waals surface area (Å²) in [6.07, 6.45) is 6.31. The highest BCUT2D eigenvalue weighted by atomic mass is 19.1. The molecule has 0 radical (unpaired) electrons. The van der Waals surface area contributed by atoms with Crippen molar-refractivity contribution in [2.75, 3.05) is 0 Å². The number of aromatic nitrogens is 3. The number of rotatable bonds is 6. The van der Waals surface area contributed by atoms with Gasteiger partial charge in [0.2, 0.25) is 0 Å². The molecule has 0 aliphatic carbocycles. The molecule has 0 bridgehead atoms. The fraction of sp³-hybridized carbons (Fsp3) is 0.0526. The minimum atomic E-state index is -0.281. The van der Waals surface area contributed by atoms with Gasteiger partial charge in [-0.15, -0.1) is 0 Å². The molecule has 3 rings (SSSR count). The molecule has 2 heterocycles. The highest BCUT2D eigenvalue weighted by Gasteiger charge is 2.08. The molecule has 0 aliphatic rings. The summed E-state index contributed by atoms with van der Waals surface area (Å²) < 4.78 is 13.8. The van der Waals surface area contributed by atoms with Crippen molar-refractivity contribution in [1.82, 2.24) is 20.3 Å². The van der Waals surface area contributed by atoms with Crippen molar-refractivity contribution < 1.29 is 4.39 Å². The topological polar surface area (TPSA) is 74.6 Å². The fourth-order valence-corrected chi connectivity index (χ4v) is 2.24. The summed E-state index contributed by atoms with van der Waals surface area (Å²) in [4.78, 5) is 12.3. The molecule has 0 fully saturated rings. The number of nitrogens with zero attached hydrogens (tertiary/aromatic N) is 3. The maximum atomic E-state index is 13.8. The Morgan fingerprint density at radius 3 is 2.56 bits per heavy atom. The number of hydrogen-bond acceptors (Lipinski definition) is 5. The Labute approximate surface area is 144 Å². The summed E-state index contributed by atoms with van der Waals surface area (Å²) in [5, 5.41) is 11.4. The first-order valence-corrected chi connectivity index (χ1v) is 7.69. The van der Waals surface area contributed by atoms with Crippen LogP contribution < -0.4 is 5.32 Å². The summed E-state index contributed by atoms with van der Waals surface area (Å²) in [6.45, 7) is 0.276. The molecular formula is C19H16FN5. The normalized spacial score (nSPS) is 11.2. The quantitative estimate of drug-likeness (QED) is 0.679. The van der Waals surface area contributed by atoms with E-state index in [0.29, 0.717) is 22.6 Å². The number of allylic oxidation sites excluding steroid dienone is 1. The molecule has 124 valence electrons. The first-order chi connectivity index (χ1) is 12.2. The predicted octanol–water partition coefficient (Wildman–Crippen LogP) is 3.21. The van der Waals surface area contributed by atoms with Crippen LogP contribution >= 0.6 is 0 Å². The number of benzene rings is 1. The molecule has 0 saturated carbocycles. The van der Waals surface area contributed by atoms with Crippen molar-refractivity contribution in [2.24, 2.45) is 0 Å². The van der Waals surface area contributed by atoms with E-state index in [9.17, 15) is 4.39 Å². The van der Waals surface area contributed by atoms with Crippen LogP contribution in [0.2, 0.25) is 0 Å². The monoisotopic (exact) mass is 333 g/mol. The third-order valence-corrected chi connectivity index (χ3v) is 3.51. The lowest BCUT2D eigenvalue weighted by atomic mass is 10.1. The molecule has 6 heteroatoms. The van der Waals surface area contributed by atoms with Gasteiger partial charge in [0.15, 0.2) is 0 Å². The van der Waals surface area contributed by atoms with E-state index in [0.717, 1.165) is 0 Å². The predicted molar refractivity (Wildman–Crippen MR) is 94.3 cm³/mol. The van der Waals surface area contributed by atoms with Crippen molar-refractivity contribution in [3.05, 3.63) is 96.1 Å². The molecule has 2 N–H and O–H groups in total. The van der Waals surface area contributed by atoms with Crippen LogP contribution in [-0.2, 0) is 6.54 Å². The van der Waals surface area contributed by atoms with Crippen LogP contribution in [0, 0.1) is 11.2 Å². The number of hydrogen-bond donors (Lipinski definition) is 2. The second-order valence-electron chi connectivity index (χ2n) is 5.23. The summed E-state index contributed by atoms with van der Waals surface area (Å²) >= 11 is 0. The zero-order valence-corrected chi connectivity index (χ0v) is 13.4. The first kappa shape index (κ1) is 16.4. The molecule has 25 heavy (non-hydrogen) atoms. The van der Waals surface area contributed by atoms with E-state index in [-0.39, 0.29) is 18.1 Å². The van der Waals surface area contributed by atoms with Crippen molar-refractivity contribution in [2.45, 2.75) is 6.54 Å². The molecular weight excluding hydrogens is 317 g/mol. The molecule has 1 aromatic carbocycles.